The first-order valence-corrected chi connectivity index (χ1v) is 11.4. The summed E-state index contributed by atoms with van der Waals surface area (Å²) in [6.07, 6.45) is 5.25. The van der Waals surface area contributed by atoms with E-state index in [1.807, 2.05) is 41.1 Å². The highest BCUT2D eigenvalue weighted by atomic mass is 35.5. The first kappa shape index (κ1) is 21.1. The molecule has 7 nitrogen and oxygen atoms in total. The molecule has 4 aromatic rings. The van der Waals surface area contributed by atoms with Crippen LogP contribution in [0, 0.1) is 11.8 Å². The number of nitrogens with zero attached hydrogens (tertiary/aromatic N) is 5. The molecule has 1 fully saturated rings. The zero-order valence-corrected chi connectivity index (χ0v) is 19.2. The molecule has 3 atom stereocenters. The van der Waals surface area contributed by atoms with Crippen LogP contribution in [-0.4, -0.2) is 31.5 Å². The zero-order valence-electron chi connectivity index (χ0n) is 18.5. The summed E-state index contributed by atoms with van der Waals surface area (Å²) < 4.78 is 8.94. The molecule has 1 aromatic carbocycles. The van der Waals surface area contributed by atoms with Crippen LogP contribution in [0.2, 0.25) is 5.02 Å². The molecule has 166 valence electrons. The average Bonchev–Trinajstić information content (AvgIpc) is 3.15. The lowest BCUT2D eigenvalue weighted by atomic mass is 9.78. The Morgan fingerprint density at radius 2 is 1.91 bits per heavy atom. The molecule has 0 bridgehead atoms. The highest BCUT2D eigenvalue weighted by Gasteiger charge is 2.29. The molecular formula is C24H26ClN5O2. The molecule has 0 N–H and O–H groups in total. The van der Waals surface area contributed by atoms with Crippen molar-refractivity contribution in [2.45, 2.75) is 45.8 Å². The van der Waals surface area contributed by atoms with Crippen LogP contribution >= 0.6 is 11.6 Å². The largest absolute Gasteiger partial charge is 0.378 e. The topological polar surface area (TPSA) is 74.3 Å². The van der Waals surface area contributed by atoms with Gasteiger partial charge in [-0.2, -0.15) is 5.10 Å². The Hall–Kier alpha value is -2.77. The van der Waals surface area contributed by atoms with Gasteiger partial charge in [-0.25, -0.2) is 4.52 Å². The van der Waals surface area contributed by atoms with Crippen molar-refractivity contribution < 1.29 is 4.74 Å². The second-order valence-corrected chi connectivity index (χ2v) is 9.23. The number of halogens is 1. The van der Waals surface area contributed by atoms with Gasteiger partial charge >= 0.3 is 0 Å². The molecule has 0 radical (unpaired) electrons. The van der Waals surface area contributed by atoms with Crippen LogP contribution in [0.5, 0.6) is 0 Å². The molecular weight excluding hydrogens is 426 g/mol. The van der Waals surface area contributed by atoms with Crippen LogP contribution in [0.25, 0.3) is 27.8 Å². The van der Waals surface area contributed by atoms with Gasteiger partial charge < -0.3 is 9.30 Å². The third kappa shape index (κ3) is 3.40. The van der Waals surface area contributed by atoms with Gasteiger partial charge in [0.25, 0.3) is 5.56 Å². The fourth-order valence-electron chi connectivity index (χ4n) is 4.96. The smallest absolute Gasteiger partial charge is 0.280 e. The van der Waals surface area contributed by atoms with Crippen molar-refractivity contribution >= 4 is 28.3 Å². The molecule has 0 aliphatic heterocycles. The summed E-state index contributed by atoms with van der Waals surface area (Å²) in [7, 11) is 1.63. The van der Waals surface area contributed by atoms with Gasteiger partial charge in [-0.3, -0.25) is 4.79 Å². The molecule has 5 rings (SSSR count). The van der Waals surface area contributed by atoms with Crippen molar-refractivity contribution in [1.82, 2.24) is 24.4 Å². The number of methoxy groups -OCH3 is 1. The van der Waals surface area contributed by atoms with Crippen LogP contribution in [-0.2, 0) is 11.3 Å². The fraction of sp³-hybridized carbons (Fsp3) is 0.417. The predicted octanol–water partition coefficient (Wildman–Crippen LogP) is 4.90. The lowest BCUT2D eigenvalue weighted by molar-refractivity contribution is 0.181. The summed E-state index contributed by atoms with van der Waals surface area (Å²) in [5.74, 6) is 1.03. The Balaban J connectivity index is 1.70. The van der Waals surface area contributed by atoms with Gasteiger partial charge in [0.1, 0.15) is 5.52 Å². The maximum Gasteiger partial charge on any atom is 0.280 e. The van der Waals surface area contributed by atoms with Crippen molar-refractivity contribution in [2.24, 2.45) is 11.8 Å². The highest BCUT2D eigenvalue weighted by molar-refractivity contribution is 6.30. The molecule has 3 aromatic heterocycles. The SMILES string of the molecule is COCc1nn2c(nnc3c(=O)n(C4CCCC(C)C4C)ccc32)c1-c1ccc(Cl)cc1. The van der Waals surface area contributed by atoms with Gasteiger partial charge in [0.15, 0.2) is 11.2 Å². The van der Waals surface area contributed by atoms with Crippen LogP contribution < -0.4 is 5.56 Å². The minimum absolute atomic E-state index is 0.111. The van der Waals surface area contributed by atoms with E-state index in [2.05, 4.69) is 24.0 Å². The second-order valence-electron chi connectivity index (χ2n) is 8.79. The Bertz CT molecular complexity index is 1340. The number of aromatic nitrogens is 5. The van der Waals surface area contributed by atoms with E-state index >= 15 is 0 Å². The zero-order chi connectivity index (χ0) is 22.4. The van der Waals surface area contributed by atoms with Crippen molar-refractivity contribution in [3.63, 3.8) is 0 Å². The fourth-order valence-corrected chi connectivity index (χ4v) is 5.09. The number of fused-ring (bicyclic) bond motifs is 3. The summed E-state index contributed by atoms with van der Waals surface area (Å²) in [6.45, 7) is 4.83. The van der Waals surface area contributed by atoms with Gasteiger partial charge in [-0.15, -0.1) is 10.2 Å². The average molecular weight is 452 g/mol. The first-order chi connectivity index (χ1) is 15.5. The van der Waals surface area contributed by atoms with E-state index in [0.717, 1.165) is 29.7 Å². The molecule has 1 saturated carbocycles. The predicted molar refractivity (Wildman–Crippen MR) is 125 cm³/mol. The quantitative estimate of drug-likeness (QED) is 0.441. The number of benzene rings is 1. The van der Waals surface area contributed by atoms with Gasteiger partial charge in [0.05, 0.1) is 17.9 Å². The van der Waals surface area contributed by atoms with E-state index < -0.39 is 0 Å². The molecule has 8 heteroatoms. The van der Waals surface area contributed by atoms with Crippen LogP contribution in [0.1, 0.15) is 44.8 Å². The van der Waals surface area contributed by atoms with Crippen molar-refractivity contribution in [3.8, 4) is 11.1 Å². The standard InChI is InChI=1S/C24H26ClN5O2/c1-14-5-4-6-19(15(14)2)29-12-11-20-22(24(29)31)26-27-23-21(16-7-9-17(25)10-8-16)18(13-32-3)28-30(20)23/h7-12,14-15,19H,4-6,13H2,1-3H3. The molecule has 3 unspecified atom stereocenters. The van der Waals surface area contributed by atoms with E-state index in [9.17, 15) is 4.79 Å². The molecule has 1 aliphatic rings. The normalized spacial score (nSPS) is 21.4. The first-order valence-electron chi connectivity index (χ1n) is 11.0. The molecule has 3 heterocycles. The number of hydrogen-bond acceptors (Lipinski definition) is 5. The van der Waals surface area contributed by atoms with Crippen molar-refractivity contribution in [3.05, 3.63) is 57.6 Å². The number of rotatable bonds is 4. The Morgan fingerprint density at radius 3 is 2.66 bits per heavy atom. The summed E-state index contributed by atoms with van der Waals surface area (Å²) in [4.78, 5) is 13.4. The summed E-state index contributed by atoms with van der Waals surface area (Å²) >= 11 is 6.08. The monoisotopic (exact) mass is 451 g/mol. The van der Waals surface area contributed by atoms with Crippen molar-refractivity contribution in [2.75, 3.05) is 7.11 Å². The third-order valence-electron chi connectivity index (χ3n) is 6.91. The number of pyridine rings is 1. The summed E-state index contributed by atoms with van der Waals surface area (Å²) in [5, 5.41) is 14.2. The van der Waals surface area contributed by atoms with Gasteiger partial charge in [0, 0.05) is 24.4 Å². The number of ether oxygens (including phenoxy) is 1. The van der Waals surface area contributed by atoms with Crippen LogP contribution in [0.15, 0.2) is 41.3 Å². The minimum atomic E-state index is -0.111. The maximum absolute atomic E-state index is 13.4. The number of hydrogen-bond donors (Lipinski definition) is 0. The van der Waals surface area contributed by atoms with E-state index in [1.165, 1.54) is 6.42 Å². The van der Waals surface area contributed by atoms with E-state index in [4.69, 9.17) is 21.4 Å². The van der Waals surface area contributed by atoms with Gasteiger partial charge in [0.2, 0.25) is 0 Å². The maximum atomic E-state index is 13.4. The molecule has 0 spiro atoms. The lowest BCUT2D eigenvalue weighted by Gasteiger charge is -2.35. The van der Waals surface area contributed by atoms with E-state index in [0.29, 0.717) is 40.1 Å². The molecule has 32 heavy (non-hydrogen) atoms. The van der Waals surface area contributed by atoms with E-state index in [1.54, 1.807) is 11.6 Å². The van der Waals surface area contributed by atoms with Crippen LogP contribution in [0.3, 0.4) is 0 Å². The Labute approximate surface area is 191 Å². The lowest BCUT2D eigenvalue weighted by Crippen LogP contribution is -2.34. The Morgan fingerprint density at radius 1 is 1.12 bits per heavy atom. The summed E-state index contributed by atoms with van der Waals surface area (Å²) in [6, 6.07) is 9.62. The van der Waals surface area contributed by atoms with Gasteiger partial charge in [-0.05, 0) is 42.0 Å². The third-order valence-corrected chi connectivity index (χ3v) is 7.17. The van der Waals surface area contributed by atoms with Gasteiger partial charge in [-0.1, -0.05) is 50.4 Å². The molecule has 1 aliphatic carbocycles. The van der Waals surface area contributed by atoms with Crippen LogP contribution in [0.4, 0.5) is 0 Å². The van der Waals surface area contributed by atoms with E-state index in [-0.39, 0.29) is 11.6 Å². The molecule has 0 amide bonds. The molecule has 0 saturated heterocycles. The minimum Gasteiger partial charge on any atom is -0.378 e. The van der Waals surface area contributed by atoms with Crippen molar-refractivity contribution in [1.29, 1.82) is 0 Å². The second kappa shape index (κ2) is 8.30. The highest BCUT2D eigenvalue weighted by Crippen LogP contribution is 2.37. The summed E-state index contributed by atoms with van der Waals surface area (Å²) in [5.41, 5.74) is 3.93. The Kier molecular flexibility index (Phi) is 5.47.